The molecule has 0 saturated carbocycles. The molecule has 5 N–H and O–H groups in total. The number of carboxylic acids is 2. The zero-order valence-corrected chi connectivity index (χ0v) is 26.4. The van der Waals surface area contributed by atoms with Crippen LogP contribution in [0.1, 0.15) is 66.8 Å². The zero-order chi connectivity index (χ0) is 35.7. The van der Waals surface area contributed by atoms with E-state index < -0.39 is 47.4 Å². The SMILES string of the molecule is CC1=C(C(=O)OCCNC(=O)c2ccccc2C(=O)O)C(c2ccccc2F)C(C(=O)OCCNC(=O)c2ccccc2C(=O)O)=C(C)N1. The summed E-state index contributed by atoms with van der Waals surface area (Å²) in [6.45, 7) is 2.04. The standard InChI is InChI=1S/C35H32FN3O10/c1-19-27(34(46)48-17-15-37-30(40)21-9-3-5-11-23(21)32(42)43)29(25-13-7-8-14-26(25)36)28(20(2)39-19)35(47)49-18-16-38-31(41)22-10-4-6-12-24(22)33(44)45/h3-14,29,39H,15-18H2,1-2H3,(H,37,40)(H,38,41)(H,42,43)(H,44,45). The van der Waals surface area contributed by atoms with Gasteiger partial charge in [0.2, 0.25) is 0 Å². The van der Waals surface area contributed by atoms with Crippen molar-refractivity contribution in [1.82, 2.24) is 16.0 Å². The van der Waals surface area contributed by atoms with Crippen LogP contribution >= 0.6 is 0 Å². The van der Waals surface area contributed by atoms with Crippen LogP contribution in [0.5, 0.6) is 0 Å². The smallest absolute Gasteiger partial charge is 0.336 e. The van der Waals surface area contributed by atoms with Crippen LogP contribution in [-0.4, -0.2) is 72.2 Å². The predicted molar refractivity (Wildman–Crippen MR) is 171 cm³/mol. The van der Waals surface area contributed by atoms with Gasteiger partial charge in [0.15, 0.2) is 0 Å². The van der Waals surface area contributed by atoms with Gasteiger partial charge in [0.1, 0.15) is 19.0 Å². The van der Waals surface area contributed by atoms with Crippen LogP contribution in [0.4, 0.5) is 4.39 Å². The third kappa shape index (κ3) is 8.35. The molecule has 13 nitrogen and oxygen atoms in total. The summed E-state index contributed by atoms with van der Waals surface area (Å²) < 4.78 is 26.1. The molecular formula is C35H32FN3O10. The quantitative estimate of drug-likeness (QED) is 0.132. The van der Waals surface area contributed by atoms with Crippen molar-refractivity contribution < 1.29 is 52.8 Å². The zero-order valence-electron chi connectivity index (χ0n) is 26.4. The molecule has 3 aromatic carbocycles. The predicted octanol–water partition coefficient (Wildman–Crippen LogP) is 3.40. The number of aromatic carboxylic acids is 2. The van der Waals surface area contributed by atoms with Gasteiger partial charge in [0, 0.05) is 17.0 Å². The van der Waals surface area contributed by atoms with Crippen molar-refractivity contribution >= 4 is 35.7 Å². The van der Waals surface area contributed by atoms with E-state index in [1.54, 1.807) is 13.8 Å². The third-order valence-corrected chi connectivity index (χ3v) is 7.46. The number of hydrogen-bond donors (Lipinski definition) is 5. The number of halogens is 1. The Bertz CT molecular complexity index is 1770. The summed E-state index contributed by atoms with van der Waals surface area (Å²) in [4.78, 5) is 75.0. The highest BCUT2D eigenvalue weighted by atomic mass is 19.1. The summed E-state index contributed by atoms with van der Waals surface area (Å²) in [5.41, 5.74) is -0.218. The number of carbonyl (C=O) groups excluding carboxylic acids is 4. The van der Waals surface area contributed by atoms with Gasteiger partial charge in [-0.25, -0.2) is 23.6 Å². The first-order valence-corrected chi connectivity index (χ1v) is 14.9. The third-order valence-electron chi connectivity index (χ3n) is 7.46. The molecule has 0 saturated heterocycles. The maximum Gasteiger partial charge on any atom is 0.336 e. The number of carbonyl (C=O) groups is 6. The van der Waals surface area contributed by atoms with Crippen LogP contribution in [0, 0.1) is 5.82 Å². The van der Waals surface area contributed by atoms with Gasteiger partial charge in [0.05, 0.1) is 52.4 Å². The van der Waals surface area contributed by atoms with Crippen molar-refractivity contribution in [2.75, 3.05) is 26.3 Å². The summed E-state index contributed by atoms with van der Waals surface area (Å²) in [5.74, 6) is -7.77. The van der Waals surface area contributed by atoms with E-state index >= 15 is 4.39 Å². The van der Waals surface area contributed by atoms with E-state index in [1.807, 2.05) is 0 Å². The molecule has 0 fully saturated rings. The number of rotatable bonds is 13. The summed E-state index contributed by atoms with van der Waals surface area (Å²) in [7, 11) is 0. The number of hydrogen-bond acceptors (Lipinski definition) is 9. The molecule has 0 aliphatic carbocycles. The van der Waals surface area contributed by atoms with Gasteiger partial charge in [-0.15, -0.1) is 0 Å². The highest BCUT2D eigenvalue weighted by molar-refractivity contribution is 6.05. The highest BCUT2D eigenvalue weighted by Gasteiger charge is 2.39. The lowest BCUT2D eigenvalue weighted by molar-refractivity contribution is -0.140. The first kappa shape index (κ1) is 35.5. The Balaban J connectivity index is 1.46. The summed E-state index contributed by atoms with van der Waals surface area (Å²) in [6.07, 6.45) is 0. The molecule has 0 atom stereocenters. The van der Waals surface area contributed by atoms with E-state index in [-0.39, 0.29) is 76.7 Å². The van der Waals surface area contributed by atoms with Crippen LogP contribution in [0.2, 0.25) is 0 Å². The fraction of sp³-hybridized carbons (Fsp3) is 0.200. The Morgan fingerprint density at radius 1 is 0.653 bits per heavy atom. The van der Waals surface area contributed by atoms with E-state index in [0.29, 0.717) is 0 Å². The van der Waals surface area contributed by atoms with Crippen molar-refractivity contribution in [3.05, 3.63) is 129 Å². The maximum absolute atomic E-state index is 15.2. The van der Waals surface area contributed by atoms with Crippen molar-refractivity contribution in [3.8, 4) is 0 Å². The number of benzene rings is 3. The van der Waals surface area contributed by atoms with Crippen molar-refractivity contribution in [2.24, 2.45) is 0 Å². The largest absolute Gasteiger partial charge is 0.478 e. The molecule has 0 unspecified atom stereocenters. The van der Waals surface area contributed by atoms with Gasteiger partial charge < -0.3 is 35.6 Å². The average molecular weight is 674 g/mol. The van der Waals surface area contributed by atoms with Crippen LogP contribution in [-0.2, 0) is 19.1 Å². The molecule has 49 heavy (non-hydrogen) atoms. The van der Waals surface area contributed by atoms with Gasteiger partial charge in [0.25, 0.3) is 11.8 Å². The topological polar surface area (TPSA) is 197 Å². The van der Waals surface area contributed by atoms with Crippen LogP contribution in [0.25, 0.3) is 0 Å². The van der Waals surface area contributed by atoms with E-state index in [4.69, 9.17) is 9.47 Å². The average Bonchev–Trinajstić information content (AvgIpc) is 3.08. The van der Waals surface area contributed by atoms with Gasteiger partial charge >= 0.3 is 23.9 Å². The maximum atomic E-state index is 15.2. The molecule has 0 radical (unpaired) electrons. The number of nitrogens with one attached hydrogen (secondary N) is 3. The fourth-order valence-corrected chi connectivity index (χ4v) is 5.25. The van der Waals surface area contributed by atoms with Crippen LogP contribution < -0.4 is 16.0 Å². The second kappa shape index (κ2) is 16.0. The lowest BCUT2D eigenvalue weighted by Crippen LogP contribution is -2.35. The molecule has 14 heteroatoms. The Labute approximate surface area is 279 Å². The Morgan fingerprint density at radius 3 is 1.45 bits per heavy atom. The molecule has 2 amide bonds. The van der Waals surface area contributed by atoms with Crippen molar-refractivity contribution in [3.63, 3.8) is 0 Å². The lowest BCUT2D eigenvalue weighted by Gasteiger charge is -2.30. The van der Waals surface area contributed by atoms with E-state index in [0.717, 1.165) is 0 Å². The molecule has 0 aromatic heterocycles. The lowest BCUT2D eigenvalue weighted by atomic mass is 9.80. The molecule has 1 aliphatic heterocycles. The van der Waals surface area contributed by atoms with Crippen LogP contribution in [0.15, 0.2) is 95.3 Å². The molecule has 1 aliphatic rings. The number of allylic oxidation sites excluding steroid dienone is 2. The Kier molecular flexibility index (Phi) is 11.6. The van der Waals surface area contributed by atoms with Crippen LogP contribution in [0.3, 0.4) is 0 Å². The van der Waals surface area contributed by atoms with Gasteiger partial charge in [-0.05, 0) is 44.2 Å². The first-order valence-electron chi connectivity index (χ1n) is 14.9. The highest BCUT2D eigenvalue weighted by Crippen LogP contribution is 2.40. The van der Waals surface area contributed by atoms with E-state index in [2.05, 4.69) is 16.0 Å². The van der Waals surface area contributed by atoms with Gasteiger partial charge in [-0.1, -0.05) is 42.5 Å². The molecule has 1 heterocycles. The second-order valence-electron chi connectivity index (χ2n) is 10.6. The molecule has 3 aromatic rings. The number of esters is 2. The molecule has 4 rings (SSSR count). The molecule has 0 spiro atoms. The number of carboxylic acid groups (broad SMARTS) is 2. The van der Waals surface area contributed by atoms with Gasteiger partial charge in [-0.3, -0.25) is 9.59 Å². The molecular weight excluding hydrogens is 641 g/mol. The number of ether oxygens (including phenoxy) is 2. The summed E-state index contributed by atoms with van der Waals surface area (Å²) >= 11 is 0. The Morgan fingerprint density at radius 2 is 1.04 bits per heavy atom. The number of dihydropyridines is 1. The fourth-order valence-electron chi connectivity index (χ4n) is 5.25. The van der Waals surface area contributed by atoms with Crippen molar-refractivity contribution in [2.45, 2.75) is 19.8 Å². The van der Waals surface area contributed by atoms with E-state index in [9.17, 15) is 39.0 Å². The number of amides is 2. The second-order valence-corrected chi connectivity index (χ2v) is 10.6. The molecule has 0 bridgehead atoms. The monoisotopic (exact) mass is 673 g/mol. The van der Waals surface area contributed by atoms with E-state index in [1.165, 1.54) is 72.8 Å². The minimum Gasteiger partial charge on any atom is -0.478 e. The Hall–Kier alpha value is -6.31. The summed E-state index contributed by atoms with van der Waals surface area (Å²) in [5, 5.41) is 26.6. The minimum atomic E-state index is -1.28. The molecule has 254 valence electrons. The normalized spacial score (nSPS) is 12.9. The van der Waals surface area contributed by atoms with Crippen molar-refractivity contribution in [1.29, 1.82) is 0 Å². The summed E-state index contributed by atoms with van der Waals surface area (Å²) in [6, 6.07) is 16.8. The minimum absolute atomic E-state index is 0.0150. The first-order chi connectivity index (χ1) is 23.4. The van der Waals surface area contributed by atoms with Gasteiger partial charge in [-0.2, -0.15) is 0 Å².